The second-order valence-electron chi connectivity index (χ2n) is 4.68. The highest BCUT2D eigenvalue weighted by atomic mass is 32.2. The van der Waals surface area contributed by atoms with Crippen LogP contribution in [-0.2, 0) is 20.2 Å². The molecule has 2 heterocycles. The van der Waals surface area contributed by atoms with E-state index in [0.717, 1.165) is 6.42 Å². The number of nitrogens with two attached hydrogens (primary N) is 1. The van der Waals surface area contributed by atoms with Crippen molar-refractivity contribution in [1.29, 1.82) is 0 Å². The summed E-state index contributed by atoms with van der Waals surface area (Å²) in [5, 5.41) is 4.91. The van der Waals surface area contributed by atoms with E-state index in [-0.39, 0.29) is 24.0 Å². The third kappa shape index (κ3) is 3.76. The van der Waals surface area contributed by atoms with E-state index in [1.807, 2.05) is 0 Å². The van der Waals surface area contributed by atoms with E-state index in [4.69, 9.17) is 5.14 Å². The van der Waals surface area contributed by atoms with Crippen LogP contribution < -0.4 is 9.86 Å². The van der Waals surface area contributed by atoms with Crippen LogP contribution >= 0.6 is 0 Å². The van der Waals surface area contributed by atoms with E-state index in [9.17, 15) is 16.8 Å². The molecule has 0 aromatic carbocycles. The van der Waals surface area contributed by atoms with Crippen LogP contribution in [0.3, 0.4) is 0 Å². The largest absolute Gasteiger partial charge is 0.335 e. The molecule has 1 aromatic heterocycles. The van der Waals surface area contributed by atoms with Crippen molar-refractivity contribution in [2.24, 2.45) is 11.1 Å². The number of hydrogen-bond acceptors (Lipinski definition) is 5. The van der Waals surface area contributed by atoms with Gasteiger partial charge in [0.05, 0.1) is 12.5 Å². The van der Waals surface area contributed by atoms with Crippen LogP contribution in [-0.4, -0.2) is 50.7 Å². The zero-order chi connectivity index (χ0) is 14.8. The third-order valence-electron chi connectivity index (χ3n) is 3.15. The molecule has 1 aliphatic heterocycles. The molecule has 1 unspecified atom stereocenters. The van der Waals surface area contributed by atoms with E-state index in [0.29, 0.717) is 13.0 Å². The Morgan fingerprint density at radius 1 is 1.45 bits per heavy atom. The molecule has 1 atom stereocenters. The number of aromatic nitrogens is 2. The van der Waals surface area contributed by atoms with Crippen LogP contribution in [0.4, 0.5) is 0 Å². The number of nitrogens with one attached hydrogen (secondary N) is 2. The Balaban J connectivity index is 2.04. The summed E-state index contributed by atoms with van der Waals surface area (Å²) in [7, 11) is -7.35. The van der Waals surface area contributed by atoms with Crippen LogP contribution in [0.1, 0.15) is 12.8 Å². The molecule has 2 rings (SSSR count). The van der Waals surface area contributed by atoms with Gasteiger partial charge in [-0.15, -0.1) is 0 Å². The lowest BCUT2D eigenvalue weighted by atomic mass is 10.0. The first-order valence-corrected chi connectivity index (χ1v) is 9.03. The zero-order valence-electron chi connectivity index (χ0n) is 10.7. The van der Waals surface area contributed by atoms with Crippen LogP contribution in [0, 0.1) is 5.92 Å². The summed E-state index contributed by atoms with van der Waals surface area (Å²) >= 11 is 0. The lowest BCUT2D eigenvalue weighted by molar-refractivity contribution is 0.267. The number of hydrogen-bond donors (Lipinski definition) is 3. The van der Waals surface area contributed by atoms with E-state index < -0.39 is 20.2 Å². The summed E-state index contributed by atoms with van der Waals surface area (Å²) in [5.41, 5.74) is 0. The van der Waals surface area contributed by atoms with Gasteiger partial charge in [-0.3, -0.25) is 0 Å². The monoisotopic (exact) mass is 323 g/mol. The van der Waals surface area contributed by atoms with Gasteiger partial charge in [0, 0.05) is 19.6 Å². The molecule has 1 saturated heterocycles. The van der Waals surface area contributed by atoms with Gasteiger partial charge >= 0.3 is 0 Å². The summed E-state index contributed by atoms with van der Waals surface area (Å²) in [6.07, 6.45) is 3.97. The maximum Gasteiger partial charge on any atom is 0.274 e. The molecule has 1 aromatic rings. The highest BCUT2D eigenvalue weighted by molar-refractivity contribution is 7.89. The predicted octanol–water partition coefficient (Wildman–Crippen LogP) is -1.40. The third-order valence-corrected chi connectivity index (χ3v) is 5.51. The Kier molecular flexibility index (Phi) is 4.44. The highest BCUT2D eigenvalue weighted by Crippen LogP contribution is 2.22. The van der Waals surface area contributed by atoms with E-state index in [2.05, 4.69) is 14.7 Å². The number of rotatable bonds is 5. The predicted molar refractivity (Wildman–Crippen MR) is 71.2 cm³/mol. The molecule has 0 bridgehead atoms. The average Bonchev–Trinajstić information content (AvgIpc) is 2.90. The number of piperidine rings is 1. The van der Waals surface area contributed by atoms with Gasteiger partial charge in [0.25, 0.3) is 20.2 Å². The Bertz CT molecular complexity index is 640. The molecular formula is C9H17N5O4S2. The second kappa shape index (κ2) is 5.77. The summed E-state index contributed by atoms with van der Waals surface area (Å²) in [6.45, 7) is 0.797. The molecule has 11 heteroatoms. The molecule has 0 radical (unpaired) electrons. The van der Waals surface area contributed by atoms with Crippen molar-refractivity contribution in [2.45, 2.75) is 17.9 Å². The smallest absolute Gasteiger partial charge is 0.274 e. The van der Waals surface area contributed by atoms with Crippen LogP contribution in [0.25, 0.3) is 0 Å². The molecule has 0 saturated carbocycles. The molecule has 114 valence electrons. The minimum atomic E-state index is -3.75. The van der Waals surface area contributed by atoms with Gasteiger partial charge in [0.1, 0.15) is 0 Å². The van der Waals surface area contributed by atoms with E-state index in [1.54, 1.807) is 0 Å². The summed E-state index contributed by atoms with van der Waals surface area (Å²) in [6, 6.07) is 0. The van der Waals surface area contributed by atoms with Crippen LogP contribution in [0.15, 0.2) is 17.6 Å². The minimum absolute atomic E-state index is 0.0394. The number of H-pyrrole nitrogens is 1. The molecule has 9 nitrogen and oxygen atoms in total. The molecule has 0 amide bonds. The fourth-order valence-electron chi connectivity index (χ4n) is 2.17. The van der Waals surface area contributed by atoms with E-state index >= 15 is 0 Å². The molecule has 20 heavy (non-hydrogen) atoms. The lowest BCUT2D eigenvalue weighted by Gasteiger charge is -2.31. The number of imidazole rings is 1. The maximum atomic E-state index is 12.3. The molecule has 1 aliphatic rings. The van der Waals surface area contributed by atoms with Gasteiger partial charge in [-0.1, -0.05) is 0 Å². The number of sulfonamides is 1. The average molecular weight is 323 g/mol. The van der Waals surface area contributed by atoms with Gasteiger partial charge < -0.3 is 4.98 Å². The van der Waals surface area contributed by atoms with Crippen molar-refractivity contribution >= 4 is 20.2 Å². The number of nitrogens with zero attached hydrogens (tertiary/aromatic N) is 2. The van der Waals surface area contributed by atoms with Gasteiger partial charge in [-0.2, -0.15) is 12.7 Å². The van der Waals surface area contributed by atoms with Crippen LogP contribution in [0.5, 0.6) is 0 Å². The van der Waals surface area contributed by atoms with E-state index in [1.165, 1.54) is 16.8 Å². The van der Waals surface area contributed by atoms with Crippen molar-refractivity contribution in [2.75, 3.05) is 19.6 Å². The quantitative estimate of drug-likeness (QED) is 0.612. The summed E-state index contributed by atoms with van der Waals surface area (Å²) < 4.78 is 49.8. The SMILES string of the molecule is NS(=O)(=O)NCC1CCCN(S(=O)(=O)c2cnc[nH]2)C1. The molecule has 4 N–H and O–H groups in total. The maximum absolute atomic E-state index is 12.3. The van der Waals surface area contributed by atoms with Crippen molar-refractivity contribution in [3.8, 4) is 0 Å². The molecule has 1 fully saturated rings. The first-order valence-electron chi connectivity index (χ1n) is 6.05. The zero-order valence-corrected chi connectivity index (χ0v) is 12.3. The first kappa shape index (κ1) is 15.4. The topological polar surface area (TPSA) is 138 Å². The highest BCUT2D eigenvalue weighted by Gasteiger charge is 2.31. The fraction of sp³-hybridized carbons (Fsp3) is 0.667. The first-order chi connectivity index (χ1) is 9.29. The lowest BCUT2D eigenvalue weighted by Crippen LogP contribution is -2.44. The van der Waals surface area contributed by atoms with Crippen molar-refractivity contribution in [3.63, 3.8) is 0 Å². The Morgan fingerprint density at radius 2 is 2.20 bits per heavy atom. The minimum Gasteiger partial charge on any atom is -0.335 e. The normalized spacial score (nSPS) is 21.9. The summed E-state index contributed by atoms with van der Waals surface area (Å²) in [5.74, 6) is -0.0974. The second-order valence-corrected chi connectivity index (χ2v) is 7.97. The Morgan fingerprint density at radius 3 is 2.80 bits per heavy atom. The molecule has 0 spiro atoms. The van der Waals surface area contributed by atoms with Gasteiger partial charge in [-0.05, 0) is 18.8 Å². The number of aromatic amines is 1. The molecule has 0 aliphatic carbocycles. The van der Waals surface area contributed by atoms with Gasteiger partial charge in [0.2, 0.25) is 0 Å². The summed E-state index contributed by atoms with van der Waals surface area (Å²) in [4.78, 5) is 6.27. The van der Waals surface area contributed by atoms with Crippen molar-refractivity contribution in [1.82, 2.24) is 19.0 Å². The van der Waals surface area contributed by atoms with Crippen molar-refractivity contribution < 1.29 is 16.8 Å². The van der Waals surface area contributed by atoms with Gasteiger partial charge in [0.15, 0.2) is 5.03 Å². The standard InChI is InChI=1S/C9H17N5O4S2/c10-20(17,18)13-4-8-2-1-3-14(6-8)19(15,16)9-5-11-7-12-9/h5,7-8,13H,1-4,6H2,(H,11,12)(H2,10,17,18). The van der Waals surface area contributed by atoms with Crippen molar-refractivity contribution in [3.05, 3.63) is 12.5 Å². The Labute approximate surface area is 117 Å². The Hall–Kier alpha value is -1.01. The van der Waals surface area contributed by atoms with Gasteiger partial charge in [-0.25, -0.2) is 23.3 Å². The fourth-order valence-corrected chi connectivity index (χ4v) is 4.09. The molecular weight excluding hydrogens is 306 g/mol. The van der Waals surface area contributed by atoms with Crippen LogP contribution in [0.2, 0.25) is 0 Å².